The highest BCUT2D eigenvalue weighted by molar-refractivity contribution is 5.80. The van der Waals surface area contributed by atoms with Gasteiger partial charge in [0.1, 0.15) is 17.1 Å². The molecule has 0 aliphatic carbocycles. The molecule has 0 saturated heterocycles. The minimum Gasteiger partial charge on any atom is -0.461 e. The number of hydrogen-bond donors (Lipinski definition) is 0. The molecule has 0 spiro atoms. The first-order valence-electron chi connectivity index (χ1n) is 5.56. The summed E-state index contributed by atoms with van der Waals surface area (Å²) in [6, 6.07) is 8.15. The van der Waals surface area contributed by atoms with Crippen molar-refractivity contribution in [3.8, 4) is 0 Å². The topological polar surface area (TPSA) is 30.2 Å². The number of furan rings is 1. The number of hydrogen-bond acceptors (Lipinski definition) is 2. The van der Waals surface area contributed by atoms with Crippen LogP contribution in [0, 0.1) is 6.92 Å². The summed E-state index contributed by atoms with van der Waals surface area (Å²) in [5.74, 6) is 1.25. The van der Waals surface area contributed by atoms with E-state index in [1.54, 1.807) is 6.92 Å². The molecule has 2 nitrogen and oxygen atoms in total. The summed E-state index contributed by atoms with van der Waals surface area (Å²) in [5, 5.41) is 1.12. The highest BCUT2D eigenvalue weighted by Gasteiger charge is 2.13. The average molecular weight is 216 g/mol. The van der Waals surface area contributed by atoms with E-state index in [1.807, 2.05) is 25.1 Å². The van der Waals surface area contributed by atoms with E-state index >= 15 is 0 Å². The van der Waals surface area contributed by atoms with Crippen molar-refractivity contribution in [1.82, 2.24) is 0 Å². The SMILES string of the molecule is CC(=O)CC(C)c1cc2cc(C)ccc2o1. The third-order valence-electron chi connectivity index (χ3n) is 2.77. The minimum atomic E-state index is 0.158. The van der Waals surface area contributed by atoms with Gasteiger partial charge in [0.15, 0.2) is 0 Å². The largest absolute Gasteiger partial charge is 0.461 e. The van der Waals surface area contributed by atoms with Crippen LogP contribution >= 0.6 is 0 Å². The lowest BCUT2D eigenvalue weighted by atomic mass is 10.0. The normalized spacial score (nSPS) is 12.9. The zero-order chi connectivity index (χ0) is 11.7. The highest BCUT2D eigenvalue weighted by atomic mass is 16.3. The molecule has 2 rings (SSSR count). The van der Waals surface area contributed by atoms with E-state index in [4.69, 9.17) is 4.42 Å². The van der Waals surface area contributed by atoms with Crippen molar-refractivity contribution in [2.75, 3.05) is 0 Å². The summed E-state index contributed by atoms with van der Waals surface area (Å²) in [6.07, 6.45) is 0.540. The third-order valence-corrected chi connectivity index (χ3v) is 2.77. The Morgan fingerprint density at radius 1 is 1.38 bits per heavy atom. The van der Waals surface area contributed by atoms with Crippen LogP contribution in [-0.4, -0.2) is 5.78 Å². The molecular weight excluding hydrogens is 200 g/mol. The monoisotopic (exact) mass is 216 g/mol. The second-order valence-electron chi connectivity index (χ2n) is 4.50. The zero-order valence-corrected chi connectivity index (χ0v) is 9.91. The quantitative estimate of drug-likeness (QED) is 0.780. The molecule has 2 aromatic rings. The van der Waals surface area contributed by atoms with Crippen LogP contribution in [0.4, 0.5) is 0 Å². The van der Waals surface area contributed by atoms with E-state index in [2.05, 4.69) is 13.0 Å². The minimum absolute atomic E-state index is 0.158. The van der Waals surface area contributed by atoms with Crippen molar-refractivity contribution >= 4 is 16.8 Å². The number of carbonyl (C=O) groups is 1. The van der Waals surface area contributed by atoms with E-state index in [-0.39, 0.29) is 11.7 Å². The number of rotatable bonds is 3. The van der Waals surface area contributed by atoms with E-state index < -0.39 is 0 Å². The van der Waals surface area contributed by atoms with Crippen LogP contribution in [0.25, 0.3) is 11.0 Å². The van der Waals surface area contributed by atoms with Gasteiger partial charge in [-0.25, -0.2) is 0 Å². The molecule has 0 fully saturated rings. The number of aryl methyl sites for hydroxylation is 1. The van der Waals surface area contributed by atoms with Gasteiger partial charge in [0.25, 0.3) is 0 Å². The fourth-order valence-electron chi connectivity index (χ4n) is 1.96. The standard InChI is InChI=1S/C14H16O2/c1-9-4-5-13-12(6-9)8-14(16-13)10(2)7-11(3)15/h4-6,8,10H,7H2,1-3H3. The molecule has 0 N–H and O–H groups in total. The van der Waals surface area contributed by atoms with Gasteiger partial charge >= 0.3 is 0 Å². The molecule has 1 unspecified atom stereocenters. The number of carbonyl (C=O) groups excluding carboxylic acids is 1. The Hall–Kier alpha value is -1.57. The van der Waals surface area contributed by atoms with Gasteiger partial charge in [-0.05, 0) is 32.0 Å². The number of Topliss-reactive ketones (excluding diaryl/α,β-unsaturated/α-hetero) is 1. The summed E-state index contributed by atoms with van der Waals surface area (Å²) in [6.45, 7) is 5.69. The Morgan fingerprint density at radius 3 is 2.81 bits per heavy atom. The lowest BCUT2D eigenvalue weighted by Gasteiger charge is -2.03. The molecule has 0 aliphatic rings. The van der Waals surface area contributed by atoms with E-state index in [0.29, 0.717) is 6.42 Å². The second kappa shape index (κ2) is 4.12. The van der Waals surface area contributed by atoms with Crippen molar-refractivity contribution in [1.29, 1.82) is 0 Å². The van der Waals surface area contributed by atoms with Crippen LogP contribution < -0.4 is 0 Å². The zero-order valence-electron chi connectivity index (χ0n) is 9.91. The Morgan fingerprint density at radius 2 is 2.12 bits per heavy atom. The van der Waals surface area contributed by atoms with Crippen molar-refractivity contribution in [3.05, 3.63) is 35.6 Å². The fourth-order valence-corrected chi connectivity index (χ4v) is 1.96. The average Bonchev–Trinajstić information content (AvgIpc) is 2.59. The van der Waals surface area contributed by atoms with E-state index in [1.165, 1.54) is 5.56 Å². The number of fused-ring (bicyclic) bond motifs is 1. The molecule has 1 aromatic heterocycles. The maximum Gasteiger partial charge on any atom is 0.134 e. The van der Waals surface area contributed by atoms with Crippen LogP contribution in [0.2, 0.25) is 0 Å². The Kier molecular flexibility index (Phi) is 2.82. The molecule has 2 heteroatoms. The second-order valence-corrected chi connectivity index (χ2v) is 4.50. The molecule has 0 amide bonds. The fraction of sp³-hybridized carbons (Fsp3) is 0.357. The van der Waals surface area contributed by atoms with Gasteiger partial charge in [-0.1, -0.05) is 18.6 Å². The summed E-state index contributed by atoms with van der Waals surface area (Å²) in [7, 11) is 0. The smallest absolute Gasteiger partial charge is 0.134 e. The first-order chi connectivity index (χ1) is 7.56. The van der Waals surface area contributed by atoms with Gasteiger partial charge < -0.3 is 9.21 Å². The first kappa shape index (κ1) is 10.9. The number of benzene rings is 1. The number of ketones is 1. The van der Waals surface area contributed by atoms with E-state index in [0.717, 1.165) is 16.7 Å². The molecular formula is C14H16O2. The van der Waals surface area contributed by atoms with E-state index in [9.17, 15) is 4.79 Å². The van der Waals surface area contributed by atoms with Crippen molar-refractivity contribution < 1.29 is 9.21 Å². The molecule has 1 atom stereocenters. The predicted octanol–water partition coefficient (Wildman–Crippen LogP) is 3.82. The maximum absolute atomic E-state index is 11.1. The Bertz CT molecular complexity index is 523. The molecule has 0 bridgehead atoms. The third kappa shape index (κ3) is 2.16. The molecule has 1 aromatic carbocycles. The lowest BCUT2D eigenvalue weighted by Crippen LogP contribution is -1.98. The van der Waals surface area contributed by atoms with Gasteiger partial charge in [-0.2, -0.15) is 0 Å². The van der Waals surface area contributed by atoms with Gasteiger partial charge in [0.05, 0.1) is 0 Å². The van der Waals surface area contributed by atoms with Crippen molar-refractivity contribution in [2.45, 2.75) is 33.1 Å². The van der Waals surface area contributed by atoms with Gasteiger partial charge in [-0.3, -0.25) is 0 Å². The predicted molar refractivity (Wildman–Crippen MR) is 64.7 cm³/mol. The molecule has 84 valence electrons. The molecule has 0 saturated carbocycles. The van der Waals surface area contributed by atoms with Gasteiger partial charge in [0, 0.05) is 17.7 Å². The van der Waals surface area contributed by atoms with Crippen molar-refractivity contribution in [2.24, 2.45) is 0 Å². The van der Waals surface area contributed by atoms with Crippen LogP contribution in [0.15, 0.2) is 28.7 Å². The molecule has 16 heavy (non-hydrogen) atoms. The Labute approximate surface area is 95.3 Å². The summed E-state index contributed by atoms with van der Waals surface area (Å²) >= 11 is 0. The summed E-state index contributed by atoms with van der Waals surface area (Å²) in [4.78, 5) is 11.1. The van der Waals surface area contributed by atoms with Gasteiger partial charge in [-0.15, -0.1) is 0 Å². The Balaban J connectivity index is 2.35. The highest BCUT2D eigenvalue weighted by Crippen LogP contribution is 2.27. The van der Waals surface area contributed by atoms with Crippen molar-refractivity contribution in [3.63, 3.8) is 0 Å². The summed E-state index contributed by atoms with van der Waals surface area (Å²) in [5.41, 5.74) is 2.12. The maximum atomic E-state index is 11.1. The van der Waals surface area contributed by atoms with Crippen LogP contribution in [0.3, 0.4) is 0 Å². The van der Waals surface area contributed by atoms with Gasteiger partial charge in [0.2, 0.25) is 0 Å². The van der Waals surface area contributed by atoms with Crippen LogP contribution in [-0.2, 0) is 4.79 Å². The lowest BCUT2D eigenvalue weighted by molar-refractivity contribution is -0.117. The molecule has 0 radical (unpaired) electrons. The van der Waals surface area contributed by atoms with Crippen LogP contribution in [0.1, 0.15) is 37.5 Å². The molecule has 1 heterocycles. The van der Waals surface area contributed by atoms with Crippen LogP contribution in [0.5, 0.6) is 0 Å². The first-order valence-corrected chi connectivity index (χ1v) is 5.56. The summed E-state index contributed by atoms with van der Waals surface area (Å²) < 4.78 is 5.73. The molecule has 0 aliphatic heterocycles.